The molecule has 3 aromatic rings. The Hall–Kier alpha value is -4.53. The Morgan fingerprint density at radius 3 is 2.47 bits per heavy atom. The SMILES string of the molecule is CCOc1ccccc1OCC(=O)N/N=C/c1ccc(OC(=O)c2ccc3c(c2)OCO3)cc1. The van der Waals surface area contributed by atoms with Gasteiger partial charge in [0.1, 0.15) is 5.75 Å². The van der Waals surface area contributed by atoms with Gasteiger partial charge in [0.2, 0.25) is 6.79 Å². The molecule has 34 heavy (non-hydrogen) atoms. The van der Waals surface area contributed by atoms with E-state index in [0.717, 1.165) is 0 Å². The van der Waals surface area contributed by atoms with Gasteiger partial charge in [0, 0.05) is 0 Å². The molecule has 1 amide bonds. The van der Waals surface area contributed by atoms with Gasteiger partial charge in [-0.2, -0.15) is 5.10 Å². The Labute approximate surface area is 195 Å². The summed E-state index contributed by atoms with van der Waals surface area (Å²) in [7, 11) is 0. The average Bonchev–Trinajstić information content (AvgIpc) is 3.33. The Bertz CT molecular complexity index is 1190. The van der Waals surface area contributed by atoms with E-state index in [0.29, 0.717) is 46.5 Å². The number of amides is 1. The second kappa shape index (κ2) is 10.9. The van der Waals surface area contributed by atoms with Crippen LogP contribution in [-0.2, 0) is 4.79 Å². The Balaban J connectivity index is 1.25. The van der Waals surface area contributed by atoms with E-state index < -0.39 is 11.9 Å². The van der Waals surface area contributed by atoms with Crippen molar-refractivity contribution in [2.75, 3.05) is 20.0 Å². The lowest BCUT2D eigenvalue weighted by molar-refractivity contribution is -0.123. The number of nitrogens with zero attached hydrogens (tertiary/aromatic N) is 1. The van der Waals surface area contributed by atoms with Crippen LogP contribution >= 0.6 is 0 Å². The molecule has 0 atom stereocenters. The topological polar surface area (TPSA) is 105 Å². The number of esters is 1. The normalized spacial score (nSPS) is 11.8. The summed E-state index contributed by atoms with van der Waals surface area (Å²) in [6, 6.07) is 18.6. The standard InChI is InChI=1S/C25H22N2O7/c1-2-30-20-5-3-4-6-21(20)31-15-24(28)27-26-14-17-7-10-19(11-8-17)34-25(29)18-9-12-22-23(13-18)33-16-32-22/h3-14H,2,15-16H2,1H3,(H,27,28)/b26-14+. The molecule has 0 unspecified atom stereocenters. The number of carbonyl (C=O) groups excluding carboxylic acids is 2. The molecule has 0 aromatic heterocycles. The Morgan fingerprint density at radius 2 is 1.71 bits per heavy atom. The van der Waals surface area contributed by atoms with Crippen LogP contribution < -0.4 is 29.1 Å². The third-order valence-corrected chi connectivity index (χ3v) is 4.61. The van der Waals surface area contributed by atoms with Crippen LogP contribution in [0.5, 0.6) is 28.7 Å². The molecule has 4 rings (SSSR count). The van der Waals surface area contributed by atoms with Crippen molar-refractivity contribution in [3.05, 3.63) is 77.9 Å². The maximum absolute atomic E-state index is 12.4. The number of rotatable bonds is 9. The molecule has 1 aliphatic heterocycles. The van der Waals surface area contributed by atoms with Gasteiger partial charge in [0.05, 0.1) is 18.4 Å². The van der Waals surface area contributed by atoms with Crippen molar-refractivity contribution >= 4 is 18.1 Å². The minimum atomic E-state index is -0.516. The molecule has 9 nitrogen and oxygen atoms in total. The summed E-state index contributed by atoms with van der Waals surface area (Å²) in [5.41, 5.74) is 3.45. The van der Waals surface area contributed by atoms with Crippen LogP contribution in [0.1, 0.15) is 22.8 Å². The zero-order valence-corrected chi connectivity index (χ0v) is 18.4. The molecule has 3 aromatic carbocycles. The van der Waals surface area contributed by atoms with Crippen LogP contribution in [0.3, 0.4) is 0 Å². The molecule has 0 fully saturated rings. The van der Waals surface area contributed by atoms with Crippen molar-refractivity contribution in [3.8, 4) is 28.7 Å². The van der Waals surface area contributed by atoms with Crippen LogP contribution in [0.15, 0.2) is 71.8 Å². The van der Waals surface area contributed by atoms with Gasteiger partial charge in [-0.3, -0.25) is 4.79 Å². The van der Waals surface area contributed by atoms with E-state index in [1.54, 1.807) is 60.7 Å². The molecular formula is C25H22N2O7. The monoisotopic (exact) mass is 462 g/mol. The largest absolute Gasteiger partial charge is 0.490 e. The number of fused-ring (bicyclic) bond motifs is 1. The lowest BCUT2D eigenvalue weighted by atomic mass is 10.2. The van der Waals surface area contributed by atoms with E-state index in [4.69, 9.17) is 23.7 Å². The first-order valence-electron chi connectivity index (χ1n) is 10.5. The molecule has 0 saturated carbocycles. The molecule has 174 valence electrons. The van der Waals surface area contributed by atoms with E-state index in [1.807, 2.05) is 13.0 Å². The molecule has 1 heterocycles. The number of carbonyl (C=O) groups is 2. The molecule has 1 N–H and O–H groups in total. The van der Waals surface area contributed by atoms with Gasteiger partial charge < -0.3 is 23.7 Å². The zero-order valence-electron chi connectivity index (χ0n) is 18.4. The number of para-hydroxylation sites is 2. The first-order valence-corrected chi connectivity index (χ1v) is 10.5. The van der Waals surface area contributed by atoms with Gasteiger partial charge in [-0.25, -0.2) is 10.2 Å². The number of benzene rings is 3. The summed E-state index contributed by atoms with van der Waals surface area (Å²) < 4.78 is 26.8. The number of ether oxygens (including phenoxy) is 5. The summed E-state index contributed by atoms with van der Waals surface area (Å²) in [6.07, 6.45) is 1.47. The minimum absolute atomic E-state index is 0.131. The molecule has 0 saturated heterocycles. The van der Waals surface area contributed by atoms with E-state index >= 15 is 0 Å². The highest BCUT2D eigenvalue weighted by Gasteiger charge is 2.17. The fourth-order valence-electron chi connectivity index (χ4n) is 3.01. The fourth-order valence-corrected chi connectivity index (χ4v) is 3.01. The summed E-state index contributed by atoms with van der Waals surface area (Å²) in [6.45, 7) is 2.28. The van der Waals surface area contributed by atoms with Gasteiger partial charge >= 0.3 is 5.97 Å². The quantitative estimate of drug-likeness (QED) is 0.224. The zero-order chi connectivity index (χ0) is 23.8. The van der Waals surface area contributed by atoms with Crippen molar-refractivity contribution < 1.29 is 33.3 Å². The summed E-state index contributed by atoms with van der Waals surface area (Å²) >= 11 is 0. The lowest BCUT2D eigenvalue weighted by Crippen LogP contribution is -2.24. The number of hydrogen-bond acceptors (Lipinski definition) is 8. The summed E-state index contributed by atoms with van der Waals surface area (Å²) in [4.78, 5) is 24.3. The Morgan fingerprint density at radius 1 is 0.971 bits per heavy atom. The second-order valence-electron chi connectivity index (χ2n) is 6.99. The highest BCUT2D eigenvalue weighted by molar-refractivity contribution is 5.92. The molecule has 0 bridgehead atoms. The average molecular weight is 462 g/mol. The van der Waals surface area contributed by atoms with Gasteiger partial charge in [-0.05, 0) is 67.1 Å². The Kier molecular flexibility index (Phi) is 7.24. The van der Waals surface area contributed by atoms with Crippen molar-refractivity contribution in [3.63, 3.8) is 0 Å². The van der Waals surface area contributed by atoms with Gasteiger partial charge in [0.15, 0.2) is 29.6 Å². The smallest absolute Gasteiger partial charge is 0.343 e. The van der Waals surface area contributed by atoms with Crippen molar-refractivity contribution in [1.29, 1.82) is 0 Å². The minimum Gasteiger partial charge on any atom is -0.490 e. The maximum atomic E-state index is 12.4. The van der Waals surface area contributed by atoms with Crippen molar-refractivity contribution in [1.82, 2.24) is 5.43 Å². The van der Waals surface area contributed by atoms with Gasteiger partial charge in [-0.1, -0.05) is 12.1 Å². The number of hydrogen-bond donors (Lipinski definition) is 1. The third-order valence-electron chi connectivity index (χ3n) is 4.61. The molecular weight excluding hydrogens is 440 g/mol. The van der Waals surface area contributed by atoms with Crippen LogP contribution in [0.25, 0.3) is 0 Å². The van der Waals surface area contributed by atoms with E-state index in [1.165, 1.54) is 6.21 Å². The summed E-state index contributed by atoms with van der Waals surface area (Å²) in [5, 5.41) is 3.91. The summed E-state index contributed by atoms with van der Waals surface area (Å²) in [5.74, 6) is 1.58. The van der Waals surface area contributed by atoms with E-state index in [-0.39, 0.29) is 13.4 Å². The highest BCUT2D eigenvalue weighted by atomic mass is 16.7. The molecule has 0 spiro atoms. The highest BCUT2D eigenvalue weighted by Crippen LogP contribution is 2.32. The lowest BCUT2D eigenvalue weighted by Gasteiger charge is -2.10. The maximum Gasteiger partial charge on any atom is 0.343 e. The number of hydrazone groups is 1. The predicted molar refractivity (Wildman–Crippen MR) is 123 cm³/mol. The van der Waals surface area contributed by atoms with Gasteiger partial charge in [-0.15, -0.1) is 0 Å². The first-order chi connectivity index (χ1) is 16.6. The van der Waals surface area contributed by atoms with Crippen molar-refractivity contribution in [2.24, 2.45) is 5.10 Å². The molecule has 1 aliphatic rings. The number of nitrogens with one attached hydrogen (secondary N) is 1. The second-order valence-corrected chi connectivity index (χ2v) is 6.99. The first kappa shape index (κ1) is 22.7. The molecule has 9 heteroatoms. The van der Waals surface area contributed by atoms with Crippen LogP contribution in [-0.4, -0.2) is 38.1 Å². The van der Waals surface area contributed by atoms with Crippen LogP contribution in [0.2, 0.25) is 0 Å². The fraction of sp³-hybridized carbons (Fsp3) is 0.160. The third kappa shape index (κ3) is 5.83. The van der Waals surface area contributed by atoms with E-state index in [2.05, 4.69) is 10.5 Å². The van der Waals surface area contributed by atoms with Gasteiger partial charge in [0.25, 0.3) is 5.91 Å². The van der Waals surface area contributed by atoms with Crippen molar-refractivity contribution in [2.45, 2.75) is 6.92 Å². The van der Waals surface area contributed by atoms with Crippen LogP contribution in [0.4, 0.5) is 0 Å². The van der Waals surface area contributed by atoms with E-state index in [9.17, 15) is 9.59 Å². The molecule has 0 aliphatic carbocycles. The van der Waals surface area contributed by atoms with Crippen LogP contribution in [0, 0.1) is 0 Å². The predicted octanol–water partition coefficient (Wildman–Crippen LogP) is 3.56. The molecule has 0 radical (unpaired) electrons.